The van der Waals surface area contributed by atoms with Gasteiger partial charge < -0.3 is 4.90 Å². The van der Waals surface area contributed by atoms with Gasteiger partial charge in [-0.2, -0.15) is 13.2 Å². The number of hydrogen-bond donors (Lipinski definition) is 0. The molecule has 2 aromatic rings. The molecule has 0 heterocycles. The van der Waals surface area contributed by atoms with Crippen LogP contribution < -0.4 is 4.90 Å². The number of nitrogens with zero attached hydrogens (tertiary/aromatic N) is 2. The Morgan fingerprint density at radius 2 is 1.52 bits per heavy atom. The number of benzene rings is 2. The van der Waals surface area contributed by atoms with Crippen LogP contribution in [0.1, 0.15) is 11.1 Å². The molecule has 2 rings (SSSR count). The summed E-state index contributed by atoms with van der Waals surface area (Å²) in [4.78, 5) is 17.1. The van der Waals surface area contributed by atoms with Gasteiger partial charge in [-0.15, -0.1) is 0 Å². The summed E-state index contributed by atoms with van der Waals surface area (Å²) < 4.78 is 36.4. The zero-order valence-electron chi connectivity index (χ0n) is 13.8. The molecule has 0 aromatic heterocycles. The molecule has 0 N–H and O–H groups in total. The van der Waals surface area contributed by atoms with Gasteiger partial charge in [0.05, 0.1) is 5.69 Å². The van der Waals surface area contributed by atoms with Crippen molar-refractivity contribution in [3.8, 4) is 0 Å². The summed E-state index contributed by atoms with van der Waals surface area (Å²) in [5.74, 6) is -1.88. The van der Waals surface area contributed by atoms with E-state index in [2.05, 4.69) is 4.99 Å². The lowest BCUT2D eigenvalue weighted by atomic mass is 10.1. The fourth-order valence-electron chi connectivity index (χ4n) is 1.95. The van der Waals surface area contributed by atoms with Gasteiger partial charge in [0.1, 0.15) is 0 Å². The van der Waals surface area contributed by atoms with Crippen LogP contribution in [0.3, 0.4) is 0 Å². The Labute approximate surface area is 144 Å². The first-order valence-corrected chi connectivity index (χ1v) is 7.46. The fourth-order valence-corrected chi connectivity index (χ4v) is 1.95. The average Bonchev–Trinajstić information content (AvgIpc) is 2.58. The first-order chi connectivity index (χ1) is 11.8. The minimum atomic E-state index is -4.84. The van der Waals surface area contributed by atoms with Crippen LogP contribution in [-0.4, -0.2) is 32.3 Å². The number of halogens is 3. The molecule has 25 heavy (non-hydrogen) atoms. The van der Waals surface area contributed by atoms with Gasteiger partial charge in [0.25, 0.3) is 5.78 Å². The Kier molecular flexibility index (Phi) is 5.75. The Bertz CT molecular complexity index is 774. The normalized spacial score (nSPS) is 12.0. The molecule has 0 radical (unpaired) electrons. The van der Waals surface area contributed by atoms with Crippen molar-refractivity contribution in [2.24, 2.45) is 4.99 Å². The maximum Gasteiger partial charge on any atom is 0.454 e. The van der Waals surface area contributed by atoms with Gasteiger partial charge in [-0.1, -0.05) is 30.3 Å². The van der Waals surface area contributed by atoms with Crippen molar-refractivity contribution in [3.05, 3.63) is 65.7 Å². The smallest absolute Gasteiger partial charge is 0.378 e. The minimum Gasteiger partial charge on any atom is -0.378 e. The minimum absolute atomic E-state index is 0.492. The van der Waals surface area contributed by atoms with E-state index >= 15 is 0 Å². The van der Waals surface area contributed by atoms with E-state index in [0.29, 0.717) is 17.3 Å². The standard InChI is InChI=1S/C19H17F3N2O/c1-24(2)17-10-5-15(6-11-17)13-23-16-8-3-14(4-9-16)7-12-18(25)19(20,21)22/h3-13H,1-2H3/b12-7+,23-13?. The molecule has 3 nitrogen and oxygen atoms in total. The topological polar surface area (TPSA) is 32.7 Å². The van der Waals surface area contributed by atoms with E-state index in [1.807, 2.05) is 43.3 Å². The molecule has 0 aliphatic heterocycles. The summed E-state index contributed by atoms with van der Waals surface area (Å²) in [6, 6.07) is 14.4. The van der Waals surface area contributed by atoms with Crippen LogP contribution in [0.2, 0.25) is 0 Å². The summed E-state index contributed by atoms with van der Waals surface area (Å²) in [5.41, 5.74) is 3.18. The van der Waals surface area contributed by atoms with Gasteiger partial charge in [-0.25, -0.2) is 0 Å². The number of anilines is 1. The van der Waals surface area contributed by atoms with Gasteiger partial charge in [-0.05, 0) is 41.5 Å². The SMILES string of the molecule is CN(C)c1ccc(C=Nc2ccc(/C=C/C(=O)C(F)(F)F)cc2)cc1. The highest BCUT2D eigenvalue weighted by Gasteiger charge is 2.35. The molecule has 0 aliphatic rings. The van der Waals surface area contributed by atoms with Crippen LogP contribution in [0.15, 0.2) is 59.6 Å². The van der Waals surface area contributed by atoms with Crippen LogP contribution in [0.5, 0.6) is 0 Å². The van der Waals surface area contributed by atoms with E-state index in [-0.39, 0.29) is 0 Å². The maximum absolute atomic E-state index is 12.1. The lowest BCUT2D eigenvalue weighted by Crippen LogP contribution is -2.19. The molecule has 0 atom stereocenters. The summed E-state index contributed by atoms with van der Waals surface area (Å²) in [6.45, 7) is 0. The lowest BCUT2D eigenvalue weighted by molar-refractivity contribution is -0.165. The molecule has 0 saturated heterocycles. The maximum atomic E-state index is 12.1. The molecule has 0 spiro atoms. The van der Waals surface area contributed by atoms with Crippen molar-refractivity contribution in [2.45, 2.75) is 6.18 Å². The Hall–Kier alpha value is -2.89. The zero-order valence-corrected chi connectivity index (χ0v) is 13.8. The van der Waals surface area contributed by atoms with Gasteiger partial charge in [0.2, 0.25) is 0 Å². The molecule has 6 heteroatoms. The lowest BCUT2D eigenvalue weighted by Gasteiger charge is -2.11. The number of alkyl halides is 3. The highest BCUT2D eigenvalue weighted by molar-refractivity contribution is 5.97. The van der Waals surface area contributed by atoms with E-state index in [1.54, 1.807) is 30.5 Å². The first-order valence-electron chi connectivity index (χ1n) is 7.46. The van der Waals surface area contributed by atoms with Crippen molar-refractivity contribution >= 4 is 29.4 Å². The molecule has 0 unspecified atom stereocenters. The number of aliphatic imine (C=N–C) groups is 1. The summed E-state index contributed by atoms with van der Waals surface area (Å²) in [6.07, 6.45) is -1.49. The third-order valence-electron chi connectivity index (χ3n) is 3.37. The number of carbonyl (C=O) groups is 1. The van der Waals surface area contributed by atoms with Crippen molar-refractivity contribution < 1.29 is 18.0 Å². The Morgan fingerprint density at radius 3 is 2.04 bits per heavy atom. The summed E-state index contributed by atoms with van der Waals surface area (Å²) >= 11 is 0. The molecule has 0 aliphatic carbocycles. The van der Waals surface area contributed by atoms with E-state index in [0.717, 1.165) is 17.3 Å². The number of ketones is 1. The molecule has 2 aromatic carbocycles. The quantitative estimate of drug-likeness (QED) is 0.583. The second-order valence-electron chi connectivity index (χ2n) is 5.53. The molecule has 0 saturated carbocycles. The predicted octanol–water partition coefficient (Wildman–Crippen LogP) is 4.65. The monoisotopic (exact) mass is 346 g/mol. The number of allylic oxidation sites excluding steroid dienone is 1. The summed E-state index contributed by atoms with van der Waals surface area (Å²) in [5, 5.41) is 0. The third-order valence-corrected chi connectivity index (χ3v) is 3.37. The third kappa shape index (κ3) is 5.60. The Balaban J connectivity index is 2.02. The molecule has 130 valence electrons. The molecule has 0 bridgehead atoms. The summed E-state index contributed by atoms with van der Waals surface area (Å²) in [7, 11) is 3.92. The largest absolute Gasteiger partial charge is 0.454 e. The van der Waals surface area contributed by atoms with E-state index < -0.39 is 12.0 Å². The predicted molar refractivity (Wildman–Crippen MR) is 94.6 cm³/mol. The zero-order chi connectivity index (χ0) is 18.4. The molecular weight excluding hydrogens is 329 g/mol. The first kappa shape index (κ1) is 18.4. The van der Waals surface area contributed by atoms with E-state index in [9.17, 15) is 18.0 Å². The highest BCUT2D eigenvalue weighted by Crippen LogP contribution is 2.19. The second kappa shape index (κ2) is 7.79. The van der Waals surface area contributed by atoms with Gasteiger partial charge in [-0.3, -0.25) is 9.79 Å². The van der Waals surface area contributed by atoms with Crippen LogP contribution in [0.25, 0.3) is 6.08 Å². The Morgan fingerprint density at radius 1 is 0.960 bits per heavy atom. The molecular formula is C19H17F3N2O. The number of rotatable bonds is 5. The van der Waals surface area contributed by atoms with Crippen LogP contribution in [0, 0.1) is 0 Å². The van der Waals surface area contributed by atoms with Gasteiger partial charge >= 0.3 is 6.18 Å². The fraction of sp³-hybridized carbons (Fsp3) is 0.158. The van der Waals surface area contributed by atoms with E-state index in [4.69, 9.17) is 0 Å². The van der Waals surface area contributed by atoms with Gasteiger partial charge in [0.15, 0.2) is 0 Å². The molecule has 0 fully saturated rings. The van der Waals surface area contributed by atoms with E-state index in [1.165, 1.54) is 0 Å². The van der Waals surface area contributed by atoms with Crippen molar-refractivity contribution in [3.63, 3.8) is 0 Å². The molecule has 0 amide bonds. The van der Waals surface area contributed by atoms with Crippen molar-refractivity contribution in [1.29, 1.82) is 0 Å². The van der Waals surface area contributed by atoms with Crippen molar-refractivity contribution in [2.75, 3.05) is 19.0 Å². The van der Waals surface area contributed by atoms with Crippen LogP contribution in [0.4, 0.5) is 24.5 Å². The second-order valence-corrected chi connectivity index (χ2v) is 5.53. The van der Waals surface area contributed by atoms with Crippen LogP contribution >= 0.6 is 0 Å². The highest BCUT2D eigenvalue weighted by atomic mass is 19.4. The average molecular weight is 346 g/mol. The van der Waals surface area contributed by atoms with Gasteiger partial charge in [0, 0.05) is 26.0 Å². The van der Waals surface area contributed by atoms with Crippen molar-refractivity contribution in [1.82, 2.24) is 0 Å². The van der Waals surface area contributed by atoms with Crippen LogP contribution in [-0.2, 0) is 4.79 Å². The number of carbonyl (C=O) groups excluding carboxylic acids is 1. The number of hydrogen-bond acceptors (Lipinski definition) is 3.